The number of methoxy groups -OCH3 is 1. The summed E-state index contributed by atoms with van der Waals surface area (Å²) in [7, 11) is -2.70. The van der Waals surface area contributed by atoms with Crippen LogP contribution in [-0.2, 0) is 14.8 Å². The Labute approximate surface area is 234 Å². The second kappa shape index (κ2) is 11.8. The molecule has 13 nitrogen and oxygen atoms in total. The fraction of sp³-hybridized carbons (Fsp3) is 0.269. The van der Waals surface area contributed by atoms with Crippen molar-refractivity contribution in [2.24, 2.45) is 0 Å². The van der Waals surface area contributed by atoms with Crippen LogP contribution in [0.3, 0.4) is 0 Å². The van der Waals surface area contributed by atoms with Gasteiger partial charge in [0.1, 0.15) is 11.5 Å². The molecule has 0 saturated carbocycles. The lowest BCUT2D eigenvalue weighted by atomic mass is 10.1. The van der Waals surface area contributed by atoms with E-state index in [2.05, 4.69) is 30.4 Å². The maximum absolute atomic E-state index is 13.3. The van der Waals surface area contributed by atoms with Gasteiger partial charge >= 0.3 is 6.03 Å². The van der Waals surface area contributed by atoms with E-state index in [0.717, 1.165) is 43.5 Å². The molecule has 5 rings (SSSR count). The molecule has 3 amide bonds. The zero-order chi connectivity index (χ0) is 29.0. The van der Waals surface area contributed by atoms with Crippen molar-refractivity contribution in [2.45, 2.75) is 24.2 Å². The van der Waals surface area contributed by atoms with Crippen LogP contribution in [0.25, 0.3) is 16.8 Å². The lowest BCUT2D eigenvalue weighted by Gasteiger charge is -2.26. The van der Waals surface area contributed by atoms with Crippen molar-refractivity contribution < 1.29 is 27.1 Å². The maximum Gasteiger partial charge on any atom is 0.322 e. The van der Waals surface area contributed by atoms with Gasteiger partial charge in [0.2, 0.25) is 11.8 Å². The third-order valence-electron chi connectivity index (χ3n) is 6.41. The van der Waals surface area contributed by atoms with Gasteiger partial charge in [-0.15, -0.1) is 5.10 Å². The summed E-state index contributed by atoms with van der Waals surface area (Å²) < 4.78 is 48.1. The number of ether oxygens (including phenoxy) is 1. The second-order valence-electron chi connectivity index (χ2n) is 9.25. The molecular weight excluding hydrogens is 555 g/mol. The van der Waals surface area contributed by atoms with Crippen LogP contribution in [-0.4, -0.2) is 71.6 Å². The molecule has 1 saturated heterocycles. The minimum Gasteiger partial charge on any atom is -0.480 e. The molecular formula is C26H27FN8O5S. The van der Waals surface area contributed by atoms with Crippen LogP contribution >= 0.6 is 0 Å². The Bertz CT molecular complexity index is 1690. The fourth-order valence-electron chi connectivity index (χ4n) is 4.33. The summed E-state index contributed by atoms with van der Waals surface area (Å²) in [5.41, 5.74) is 1.66. The number of nitrogens with zero attached hydrogens (tertiary/aromatic N) is 5. The van der Waals surface area contributed by atoms with E-state index in [4.69, 9.17) is 4.74 Å². The zero-order valence-electron chi connectivity index (χ0n) is 22.0. The van der Waals surface area contributed by atoms with Gasteiger partial charge in [-0.05, 0) is 61.7 Å². The van der Waals surface area contributed by atoms with E-state index < -0.39 is 21.9 Å². The first kappa shape index (κ1) is 27.8. The van der Waals surface area contributed by atoms with E-state index in [0.29, 0.717) is 29.9 Å². The molecule has 4 aromatic rings. The predicted molar refractivity (Wildman–Crippen MR) is 147 cm³/mol. The Morgan fingerprint density at radius 3 is 2.54 bits per heavy atom. The molecule has 4 heterocycles. The molecule has 0 unspecified atom stereocenters. The van der Waals surface area contributed by atoms with E-state index >= 15 is 0 Å². The van der Waals surface area contributed by atoms with Gasteiger partial charge in [0, 0.05) is 36.6 Å². The maximum atomic E-state index is 13.3. The number of anilines is 2. The highest BCUT2D eigenvalue weighted by molar-refractivity contribution is 7.92. The standard InChI is InChI=1S/C26H27FN8O5S/c1-40-24-21(33-41(38,39)20-8-6-19(27)7-9-20)13-18(14-28-24)17-5-10-22-30-25(32-35(22)16-17)31-26(37)29-15-23(36)34-11-3-2-4-12-34/h5-10,13-14,16,33H,2-4,11-12,15H2,1H3,(H2,29,31,32,37). The highest BCUT2D eigenvalue weighted by Crippen LogP contribution is 2.30. The number of halogens is 1. The Hall–Kier alpha value is -4.79. The van der Waals surface area contributed by atoms with Crippen LogP contribution in [0.1, 0.15) is 19.3 Å². The third-order valence-corrected chi connectivity index (χ3v) is 7.79. The van der Waals surface area contributed by atoms with Crippen LogP contribution in [0.4, 0.5) is 20.8 Å². The van der Waals surface area contributed by atoms with Crippen LogP contribution in [0.2, 0.25) is 0 Å². The Kier molecular flexibility index (Phi) is 7.96. The molecule has 41 heavy (non-hydrogen) atoms. The van der Waals surface area contributed by atoms with E-state index in [-0.39, 0.29) is 34.9 Å². The number of carbonyl (C=O) groups excluding carboxylic acids is 2. The molecule has 0 aliphatic carbocycles. The summed E-state index contributed by atoms with van der Waals surface area (Å²) in [5.74, 6) is -0.626. The van der Waals surface area contributed by atoms with Gasteiger partial charge in [-0.2, -0.15) is 4.98 Å². The topological polar surface area (TPSA) is 160 Å². The van der Waals surface area contributed by atoms with Crippen molar-refractivity contribution in [3.8, 4) is 17.0 Å². The van der Waals surface area contributed by atoms with Gasteiger partial charge in [-0.1, -0.05) is 0 Å². The monoisotopic (exact) mass is 582 g/mol. The largest absolute Gasteiger partial charge is 0.480 e. The van der Waals surface area contributed by atoms with Crippen molar-refractivity contribution in [2.75, 3.05) is 36.8 Å². The smallest absolute Gasteiger partial charge is 0.322 e. The summed E-state index contributed by atoms with van der Waals surface area (Å²) in [5, 5.41) is 9.33. The van der Waals surface area contributed by atoms with Gasteiger partial charge < -0.3 is 15.0 Å². The number of benzene rings is 1. The number of pyridine rings is 2. The normalized spacial score (nSPS) is 13.6. The second-order valence-corrected chi connectivity index (χ2v) is 10.9. The van der Waals surface area contributed by atoms with Crippen LogP contribution in [0.15, 0.2) is 59.8 Å². The van der Waals surface area contributed by atoms with E-state index in [9.17, 15) is 22.4 Å². The highest BCUT2D eigenvalue weighted by Gasteiger charge is 2.20. The van der Waals surface area contributed by atoms with Gasteiger partial charge in [-0.3, -0.25) is 14.8 Å². The molecule has 3 aromatic heterocycles. The number of hydrogen-bond donors (Lipinski definition) is 3. The van der Waals surface area contributed by atoms with Crippen molar-refractivity contribution in [1.82, 2.24) is 29.8 Å². The lowest BCUT2D eigenvalue weighted by molar-refractivity contribution is -0.130. The van der Waals surface area contributed by atoms with Gasteiger partial charge in [-0.25, -0.2) is 27.1 Å². The number of nitrogens with one attached hydrogen (secondary N) is 3. The van der Waals surface area contributed by atoms with Gasteiger partial charge in [0.25, 0.3) is 16.0 Å². The summed E-state index contributed by atoms with van der Waals surface area (Å²) >= 11 is 0. The number of aromatic nitrogens is 4. The molecule has 3 N–H and O–H groups in total. The number of urea groups is 1. The Morgan fingerprint density at radius 2 is 1.80 bits per heavy atom. The highest BCUT2D eigenvalue weighted by atomic mass is 32.2. The third kappa shape index (κ3) is 6.51. The number of carbonyl (C=O) groups is 2. The predicted octanol–water partition coefficient (Wildman–Crippen LogP) is 2.87. The summed E-state index contributed by atoms with van der Waals surface area (Å²) in [6.07, 6.45) is 6.16. The van der Waals surface area contributed by atoms with Crippen molar-refractivity contribution in [3.63, 3.8) is 0 Å². The zero-order valence-corrected chi connectivity index (χ0v) is 22.8. The van der Waals surface area contributed by atoms with Crippen LogP contribution in [0, 0.1) is 5.82 Å². The summed E-state index contributed by atoms with van der Waals surface area (Å²) in [4.78, 5) is 34.7. The first-order chi connectivity index (χ1) is 19.7. The van der Waals surface area contributed by atoms with Crippen molar-refractivity contribution in [1.29, 1.82) is 0 Å². The average molecular weight is 583 g/mol. The van der Waals surface area contributed by atoms with E-state index in [1.807, 2.05) is 0 Å². The molecule has 1 aliphatic heterocycles. The Morgan fingerprint density at radius 1 is 1.05 bits per heavy atom. The average Bonchev–Trinajstić information content (AvgIpc) is 3.37. The Balaban J connectivity index is 1.30. The molecule has 1 fully saturated rings. The lowest BCUT2D eigenvalue weighted by Crippen LogP contribution is -2.43. The molecule has 0 spiro atoms. The number of sulfonamides is 1. The number of rotatable bonds is 8. The number of amides is 3. The molecule has 15 heteroatoms. The SMILES string of the molecule is COc1ncc(-c2ccc3nc(NC(=O)NCC(=O)N4CCCCC4)nn3c2)cc1NS(=O)(=O)c1ccc(F)cc1. The number of piperidine rings is 1. The molecule has 0 bridgehead atoms. The minimum atomic E-state index is -4.06. The van der Waals surface area contributed by atoms with E-state index in [1.54, 1.807) is 23.2 Å². The molecule has 0 radical (unpaired) electrons. The number of likely N-dealkylation sites (tertiary alicyclic amines) is 1. The first-order valence-corrected chi connectivity index (χ1v) is 14.2. The van der Waals surface area contributed by atoms with Gasteiger partial charge in [0.05, 0.1) is 18.6 Å². The molecule has 1 aliphatic rings. The summed E-state index contributed by atoms with van der Waals surface area (Å²) in [6.45, 7) is 1.27. The minimum absolute atomic E-state index is 0.0330. The first-order valence-electron chi connectivity index (χ1n) is 12.7. The summed E-state index contributed by atoms with van der Waals surface area (Å²) in [6, 6.07) is 8.73. The number of hydrogen-bond acceptors (Lipinski definition) is 8. The molecule has 0 atom stereocenters. The quantitative estimate of drug-likeness (QED) is 0.286. The van der Waals surface area contributed by atoms with Crippen LogP contribution in [0.5, 0.6) is 5.88 Å². The van der Waals surface area contributed by atoms with Crippen molar-refractivity contribution >= 4 is 39.2 Å². The fourth-order valence-corrected chi connectivity index (χ4v) is 5.37. The molecule has 1 aromatic carbocycles. The van der Waals surface area contributed by atoms with Crippen molar-refractivity contribution in [3.05, 3.63) is 60.7 Å². The van der Waals surface area contributed by atoms with Gasteiger partial charge in [0.15, 0.2) is 5.65 Å². The van der Waals surface area contributed by atoms with Crippen LogP contribution < -0.4 is 20.1 Å². The number of fused-ring (bicyclic) bond motifs is 1. The van der Waals surface area contributed by atoms with E-state index in [1.165, 1.54) is 23.9 Å². The molecule has 214 valence electrons.